The minimum Gasteiger partial charge on any atom is -0.481 e. The summed E-state index contributed by atoms with van der Waals surface area (Å²) in [5.74, 6) is -0.831. The van der Waals surface area contributed by atoms with Crippen LogP contribution in [0.25, 0.3) is 16.9 Å². The lowest BCUT2D eigenvalue weighted by Crippen LogP contribution is -2.42. The zero-order chi connectivity index (χ0) is 18.1. The van der Waals surface area contributed by atoms with Gasteiger partial charge in [-0.05, 0) is 37.1 Å². The molecular weight excluding hydrogens is 332 g/mol. The SMILES string of the molecule is O=C(O)C1CCCN(C(=O)c2ccc(-n3cnc4ccccc43)nc2)C1. The van der Waals surface area contributed by atoms with E-state index in [0.29, 0.717) is 30.8 Å². The molecule has 0 radical (unpaired) electrons. The Bertz CT molecular complexity index is 964. The summed E-state index contributed by atoms with van der Waals surface area (Å²) in [7, 11) is 0. The van der Waals surface area contributed by atoms with Crippen LogP contribution in [-0.2, 0) is 4.79 Å². The molecule has 0 bridgehead atoms. The number of carboxylic acid groups (broad SMARTS) is 1. The first-order valence-electron chi connectivity index (χ1n) is 8.54. The van der Waals surface area contributed by atoms with E-state index in [1.54, 1.807) is 23.4 Å². The van der Waals surface area contributed by atoms with Gasteiger partial charge in [-0.2, -0.15) is 0 Å². The number of fused-ring (bicyclic) bond motifs is 1. The van der Waals surface area contributed by atoms with Crippen LogP contribution in [0.4, 0.5) is 0 Å². The van der Waals surface area contributed by atoms with Gasteiger partial charge in [0.25, 0.3) is 5.91 Å². The van der Waals surface area contributed by atoms with Crippen molar-refractivity contribution in [3.63, 3.8) is 0 Å². The summed E-state index contributed by atoms with van der Waals surface area (Å²) in [6.45, 7) is 0.832. The van der Waals surface area contributed by atoms with Crippen LogP contribution in [-0.4, -0.2) is 49.5 Å². The second-order valence-corrected chi connectivity index (χ2v) is 6.44. The van der Waals surface area contributed by atoms with E-state index < -0.39 is 11.9 Å². The molecule has 1 unspecified atom stereocenters. The summed E-state index contributed by atoms with van der Waals surface area (Å²) in [6, 6.07) is 11.3. The quantitative estimate of drug-likeness (QED) is 0.783. The maximum Gasteiger partial charge on any atom is 0.308 e. The van der Waals surface area contributed by atoms with Gasteiger partial charge in [-0.25, -0.2) is 9.97 Å². The number of carboxylic acids is 1. The van der Waals surface area contributed by atoms with Crippen molar-refractivity contribution in [3.05, 3.63) is 54.5 Å². The first-order chi connectivity index (χ1) is 12.6. The fraction of sp³-hybridized carbons (Fsp3) is 0.263. The molecule has 1 N–H and O–H groups in total. The number of aliphatic carboxylic acids is 1. The molecule has 1 aliphatic rings. The van der Waals surface area contributed by atoms with Crippen LogP contribution in [0.3, 0.4) is 0 Å². The predicted molar refractivity (Wildman–Crippen MR) is 95.1 cm³/mol. The predicted octanol–water partition coefficient (Wildman–Crippen LogP) is 2.36. The third kappa shape index (κ3) is 2.92. The van der Waals surface area contributed by atoms with Crippen LogP contribution in [0, 0.1) is 5.92 Å². The van der Waals surface area contributed by atoms with Crippen molar-refractivity contribution >= 4 is 22.9 Å². The molecule has 0 aliphatic carbocycles. The third-order valence-corrected chi connectivity index (χ3v) is 4.75. The third-order valence-electron chi connectivity index (χ3n) is 4.75. The van der Waals surface area contributed by atoms with Gasteiger partial charge in [-0.3, -0.25) is 14.2 Å². The number of amides is 1. The summed E-state index contributed by atoms with van der Waals surface area (Å²) < 4.78 is 1.87. The molecule has 3 heterocycles. The van der Waals surface area contributed by atoms with Gasteiger partial charge in [0.05, 0.1) is 22.5 Å². The van der Waals surface area contributed by atoms with E-state index in [1.165, 1.54) is 6.20 Å². The zero-order valence-corrected chi connectivity index (χ0v) is 14.1. The second-order valence-electron chi connectivity index (χ2n) is 6.44. The molecule has 1 fully saturated rings. The minimum atomic E-state index is -0.844. The van der Waals surface area contributed by atoms with E-state index in [1.807, 2.05) is 28.8 Å². The Hall–Kier alpha value is -3.22. The largest absolute Gasteiger partial charge is 0.481 e. The Labute approximate surface area is 149 Å². The number of hydrogen-bond donors (Lipinski definition) is 1. The Kier molecular flexibility index (Phi) is 4.12. The van der Waals surface area contributed by atoms with Gasteiger partial charge in [0.15, 0.2) is 0 Å². The lowest BCUT2D eigenvalue weighted by atomic mass is 9.98. The van der Waals surface area contributed by atoms with E-state index in [9.17, 15) is 14.7 Å². The molecule has 7 nitrogen and oxygen atoms in total. The van der Waals surface area contributed by atoms with E-state index in [2.05, 4.69) is 9.97 Å². The molecule has 1 aromatic carbocycles. The van der Waals surface area contributed by atoms with Crippen molar-refractivity contribution < 1.29 is 14.7 Å². The number of hydrogen-bond acceptors (Lipinski definition) is 4. The van der Waals surface area contributed by atoms with Gasteiger partial charge in [0.1, 0.15) is 12.1 Å². The van der Waals surface area contributed by atoms with Crippen molar-refractivity contribution in [2.75, 3.05) is 13.1 Å². The number of carbonyl (C=O) groups excluding carboxylic acids is 1. The number of para-hydroxylation sites is 2. The van der Waals surface area contributed by atoms with Crippen LogP contribution in [0.15, 0.2) is 48.9 Å². The van der Waals surface area contributed by atoms with E-state index >= 15 is 0 Å². The number of nitrogens with zero attached hydrogens (tertiary/aromatic N) is 4. The van der Waals surface area contributed by atoms with E-state index in [4.69, 9.17) is 0 Å². The highest BCUT2D eigenvalue weighted by molar-refractivity contribution is 5.94. The Balaban J connectivity index is 1.56. The molecule has 2 aromatic heterocycles. The van der Waals surface area contributed by atoms with Crippen LogP contribution in [0.1, 0.15) is 23.2 Å². The van der Waals surface area contributed by atoms with Crippen LogP contribution in [0.5, 0.6) is 0 Å². The molecule has 4 rings (SSSR count). The van der Waals surface area contributed by atoms with Crippen LogP contribution < -0.4 is 0 Å². The Morgan fingerprint density at radius 2 is 1.96 bits per heavy atom. The molecule has 7 heteroatoms. The van der Waals surface area contributed by atoms with Gasteiger partial charge in [0, 0.05) is 19.3 Å². The maximum absolute atomic E-state index is 12.7. The number of aromatic nitrogens is 3. The topological polar surface area (TPSA) is 88.3 Å². The normalized spacial score (nSPS) is 17.4. The number of likely N-dealkylation sites (tertiary alicyclic amines) is 1. The highest BCUT2D eigenvalue weighted by Crippen LogP contribution is 2.20. The summed E-state index contributed by atoms with van der Waals surface area (Å²) in [5.41, 5.74) is 2.28. The van der Waals surface area contributed by atoms with Crippen molar-refractivity contribution in [2.24, 2.45) is 5.92 Å². The first-order valence-corrected chi connectivity index (χ1v) is 8.54. The average Bonchev–Trinajstić information content (AvgIpc) is 3.12. The summed E-state index contributed by atoms with van der Waals surface area (Å²) in [6.07, 6.45) is 4.56. The van der Waals surface area contributed by atoms with Gasteiger partial charge in [0.2, 0.25) is 0 Å². The molecule has 1 atom stereocenters. The lowest BCUT2D eigenvalue weighted by Gasteiger charge is -2.30. The second kappa shape index (κ2) is 6.59. The number of piperidine rings is 1. The molecule has 1 aliphatic heterocycles. The van der Waals surface area contributed by atoms with Crippen LogP contribution in [0.2, 0.25) is 0 Å². The number of pyridine rings is 1. The molecule has 1 amide bonds. The zero-order valence-electron chi connectivity index (χ0n) is 14.1. The van der Waals surface area contributed by atoms with Gasteiger partial charge < -0.3 is 10.0 Å². The average molecular weight is 350 g/mol. The highest BCUT2D eigenvalue weighted by Gasteiger charge is 2.28. The smallest absolute Gasteiger partial charge is 0.308 e. The fourth-order valence-corrected chi connectivity index (χ4v) is 3.34. The van der Waals surface area contributed by atoms with Crippen molar-refractivity contribution in [1.82, 2.24) is 19.4 Å². The van der Waals surface area contributed by atoms with Gasteiger partial charge in [-0.15, -0.1) is 0 Å². The maximum atomic E-state index is 12.7. The molecule has 132 valence electrons. The van der Waals surface area contributed by atoms with Crippen molar-refractivity contribution in [1.29, 1.82) is 0 Å². The molecule has 26 heavy (non-hydrogen) atoms. The first kappa shape index (κ1) is 16.3. The standard InChI is InChI=1S/C19H18N4O3/c24-18(22-9-3-4-14(11-22)19(25)26)13-7-8-17(20-10-13)23-12-21-15-5-1-2-6-16(15)23/h1-2,5-8,10,12,14H,3-4,9,11H2,(H,25,26). The summed E-state index contributed by atoms with van der Waals surface area (Å²) >= 11 is 0. The van der Waals surface area contributed by atoms with E-state index in [-0.39, 0.29) is 12.5 Å². The van der Waals surface area contributed by atoms with Gasteiger partial charge in [-0.1, -0.05) is 12.1 Å². The molecule has 1 saturated heterocycles. The highest BCUT2D eigenvalue weighted by atomic mass is 16.4. The number of benzene rings is 1. The monoisotopic (exact) mass is 350 g/mol. The Morgan fingerprint density at radius 3 is 2.73 bits per heavy atom. The van der Waals surface area contributed by atoms with Crippen molar-refractivity contribution in [2.45, 2.75) is 12.8 Å². The number of imidazole rings is 1. The minimum absolute atomic E-state index is 0.175. The number of rotatable bonds is 3. The molecule has 0 saturated carbocycles. The van der Waals surface area contributed by atoms with Crippen LogP contribution >= 0.6 is 0 Å². The van der Waals surface area contributed by atoms with Crippen molar-refractivity contribution in [3.8, 4) is 5.82 Å². The molecule has 3 aromatic rings. The summed E-state index contributed by atoms with van der Waals surface area (Å²) in [4.78, 5) is 34.2. The fourth-order valence-electron chi connectivity index (χ4n) is 3.34. The molecular formula is C19H18N4O3. The summed E-state index contributed by atoms with van der Waals surface area (Å²) in [5, 5.41) is 9.18. The van der Waals surface area contributed by atoms with Gasteiger partial charge >= 0.3 is 5.97 Å². The Morgan fingerprint density at radius 1 is 1.12 bits per heavy atom. The van der Waals surface area contributed by atoms with E-state index in [0.717, 1.165) is 11.0 Å². The molecule has 0 spiro atoms. The lowest BCUT2D eigenvalue weighted by molar-refractivity contribution is -0.143. The number of carbonyl (C=O) groups is 2.